The highest BCUT2D eigenvalue weighted by Gasteiger charge is 2.15. The molecule has 0 fully saturated rings. The van der Waals surface area contributed by atoms with Crippen LogP contribution in [0.3, 0.4) is 0 Å². The maximum atomic E-state index is 12.3. The van der Waals surface area contributed by atoms with Gasteiger partial charge in [0.1, 0.15) is 9.88 Å². The van der Waals surface area contributed by atoms with E-state index in [-0.39, 0.29) is 5.91 Å². The zero-order chi connectivity index (χ0) is 15.4. The number of carbonyl (C=O) groups is 1. The smallest absolute Gasteiger partial charge is 0.263 e. The van der Waals surface area contributed by atoms with Crippen LogP contribution in [0, 0.1) is 6.92 Å². The average molecular weight is 309 g/mol. The number of carbonyl (C=O) groups excluding carboxylic acids is 1. The lowest BCUT2D eigenvalue weighted by atomic mass is 10.2. The van der Waals surface area contributed by atoms with Crippen molar-refractivity contribution >= 4 is 17.2 Å². The number of hydrogen-bond donors (Lipinski definition) is 1. The Morgan fingerprint density at radius 3 is 2.73 bits per heavy atom. The molecule has 0 radical (unpaired) electrons. The molecule has 1 aromatic carbocycles. The molecule has 2 aromatic heterocycles. The van der Waals surface area contributed by atoms with Gasteiger partial charge in [-0.3, -0.25) is 9.78 Å². The second-order valence-corrected chi connectivity index (χ2v) is 5.84. The van der Waals surface area contributed by atoms with Crippen molar-refractivity contribution in [2.24, 2.45) is 0 Å². The van der Waals surface area contributed by atoms with Crippen LogP contribution in [-0.4, -0.2) is 15.9 Å². The summed E-state index contributed by atoms with van der Waals surface area (Å²) in [5.74, 6) is -0.0963. The van der Waals surface area contributed by atoms with Crippen LogP contribution in [0.5, 0.6) is 0 Å². The van der Waals surface area contributed by atoms with Crippen molar-refractivity contribution in [1.82, 2.24) is 15.3 Å². The van der Waals surface area contributed by atoms with Gasteiger partial charge in [-0.15, -0.1) is 11.3 Å². The molecule has 1 N–H and O–H groups in total. The largest absolute Gasteiger partial charge is 0.347 e. The number of nitrogens with zero attached hydrogens (tertiary/aromatic N) is 2. The maximum absolute atomic E-state index is 12.3. The fourth-order valence-electron chi connectivity index (χ4n) is 2.08. The van der Waals surface area contributed by atoms with Gasteiger partial charge >= 0.3 is 0 Å². The highest BCUT2D eigenvalue weighted by atomic mass is 32.1. The number of aryl methyl sites for hydroxylation is 1. The summed E-state index contributed by atoms with van der Waals surface area (Å²) in [6, 6.07) is 13.7. The third kappa shape index (κ3) is 3.20. The number of hydrogen-bond acceptors (Lipinski definition) is 4. The Labute approximate surface area is 132 Å². The lowest BCUT2D eigenvalue weighted by Gasteiger charge is -2.03. The van der Waals surface area contributed by atoms with Crippen molar-refractivity contribution in [1.29, 1.82) is 0 Å². The van der Waals surface area contributed by atoms with Gasteiger partial charge in [-0.05, 0) is 18.6 Å². The molecular formula is C17H15N3OS. The quantitative estimate of drug-likeness (QED) is 0.803. The molecule has 0 atom stereocenters. The number of amides is 1. The predicted octanol–water partition coefficient (Wildman–Crippen LogP) is 3.44. The SMILES string of the molecule is Cc1nc(-c2ccccc2)sc1C(=O)NCc1cccnc1. The van der Waals surface area contributed by atoms with Crippen LogP contribution in [0.1, 0.15) is 20.9 Å². The summed E-state index contributed by atoms with van der Waals surface area (Å²) in [7, 11) is 0. The van der Waals surface area contributed by atoms with Crippen molar-refractivity contribution in [3.63, 3.8) is 0 Å². The van der Waals surface area contributed by atoms with E-state index in [1.165, 1.54) is 11.3 Å². The number of nitrogens with one attached hydrogen (secondary N) is 1. The first-order valence-electron chi connectivity index (χ1n) is 6.94. The molecule has 1 amide bonds. The fraction of sp³-hybridized carbons (Fsp3) is 0.118. The summed E-state index contributed by atoms with van der Waals surface area (Å²) in [4.78, 5) is 21.5. The number of benzene rings is 1. The molecule has 5 heteroatoms. The first-order valence-corrected chi connectivity index (χ1v) is 7.75. The number of pyridine rings is 1. The summed E-state index contributed by atoms with van der Waals surface area (Å²) >= 11 is 1.42. The van der Waals surface area contributed by atoms with Gasteiger partial charge < -0.3 is 5.32 Å². The van der Waals surface area contributed by atoms with Crippen LogP contribution in [0.15, 0.2) is 54.9 Å². The Morgan fingerprint density at radius 1 is 1.18 bits per heavy atom. The van der Waals surface area contributed by atoms with Crippen molar-refractivity contribution in [2.45, 2.75) is 13.5 Å². The number of thiazole rings is 1. The monoisotopic (exact) mass is 309 g/mol. The van der Waals surface area contributed by atoms with Crippen LogP contribution in [0.2, 0.25) is 0 Å². The standard InChI is InChI=1S/C17H15N3OS/c1-12-15(16(21)19-11-13-6-5-9-18-10-13)22-17(20-12)14-7-3-2-4-8-14/h2-10H,11H2,1H3,(H,19,21). The molecular weight excluding hydrogens is 294 g/mol. The van der Waals surface area contributed by atoms with Gasteiger partial charge in [0.15, 0.2) is 0 Å². The first kappa shape index (κ1) is 14.4. The Bertz CT molecular complexity index is 769. The van der Waals surface area contributed by atoms with Gasteiger partial charge in [0, 0.05) is 24.5 Å². The fourth-order valence-corrected chi connectivity index (χ4v) is 3.06. The van der Waals surface area contributed by atoms with Crippen molar-refractivity contribution < 1.29 is 4.79 Å². The van der Waals surface area contributed by atoms with E-state index in [9.17, 15) is 4.79 Å². The third-order valence-corrected chi connectivity index (χ3v) is 4.40. The molecule has 0 saturated heterocycles. The van der Waals surface area contributed by atoms with E-state index >= 15 is 0 Å². The lowest BCUT2D eigenvalue weighted by molar-refractivity contribution is 0.0954. The summed E-state index contributed by atoms with van der Waals surface area (Å²) in [5.41, 5.74) is 2.76. The average Bonchev–Trinajstić information content (AvgIpc) is 2.96. The van der Waals surface area contributed by atoms with Crippen molar-refractivity contribution in [3.05, 3.63) is 71.0 Å². The van der Waals surface area contributed by atoms with E-state index < -0.39 is 0 Å². The molecule has 3 aromatic rings. The first-order chi connectivity index (χ1) is 10.7. The van der Waals surface area contributed by atoms with Gasteiger partial charge in [0.05, 0.1) is 5.69 Å². The van der Waals surface area contributed by atoms with Gasteiger partial charge in [-0.2, -0.15) is 0 Å². The second-order valence-electron chi connectivity index (χ2n) is 4.84. The van der Waals surface area contributed by atoms with E-state index in [4.69, 9.17) is 0 Å². The van der Waals surface area contributed by atoms with Gasteiger partial charge in [0.25, 0.3) is 5.91 Å². The molecule has 0 aliphatic heterocycles. The summed E-state index contributed by atoms with van der Waals surface area (Å²) < 4.78 is 0. The Morgan fingerprint density at radius 2 is 2.00 bits per heavy atom. The van der Waals surface area contributed by atoms with E-state index in [1.807, 2.05) is 49.4 Å². The van der Waals surface area contributed by atoms with E-state index in [0.29, 0.717) is 11.4 Å². The van der Waals surface area contributed by atoms with E-state index in [2.05, 4.69) is 15.3 Å². The molecule has 3 rings (SSSR count). The van der Waals surface area contributed by atoms with Gasteiger partial charge in [0.2, 0.25) is 0 Å². The molecule has 0 unspecified atom stereocenters. The molecule has 0 aliphatic carbocycles. The van der Waals surface area contributed by atoms with E-state index in [0.717, 1.165) is 21.8 Å². The third-order valence-electron chi connectivity index (χ3n) is 3.20. The predicted molar refractivity (Wildman–Crippen MR) is 87.7 cm³/mol. The normalized spacial score (nSPS) is 10.4. The van der Waals surface area contributed by atoms with Crippen molar-refractivity contribution in [3.8, 4) is 10.6 Å². The topological polar surface area (TPSA) is 54.9 Å². The van der Waals surface area contributed by atoms with Crippen LogP contribution >= 0.6 is 11.3 Å². The molecule has 0 bridgehead atoms. The van der Waals surface area contributed by atoms with Gasteiger partial charge in [-0.25, -0.2) is 4.98 Å². The number of aromatic nitrogens is 2. The van der Waals surface area contributed by atoms with Gasteiger partial charge in [-0.1, -0.05) is 36.4 Å². The molecule has 0 aliphatic rings. The highest BCUT2D eigenvalue weighted by Crippen LogP contribution is 2.27. The minimum Gasteiger partial charge on any atom is -0.347 e. The highest BCUT2D eigenvalue weighted by molar-refractivity contribution is 7.17. The summed E-state index contributed by atoms with van der Waals surface area (Å²) in [6.07, 6.45) is 3.46. The summed E-state index contributed by atoms with van der Waals surface area (Å²) in [5, 5.41) is 3.78. The molecule has 110 valence electrons. The van der Waals surface area contributed by atoms with E-state index in [1.54, 1.807) is 12.4 Å². The minimum absolute atomic E-state index is 0.0963. The Balaban J connectivity index is 1.74. The lowest BCUT2D eigenvalue weighted by Crippen LogP contribution is -2.22. The molecule has 4 nitrogen and oxygen atoms in total. The van der Waals surface area contributed by atoms with Crippen LogP contribution < -0.4 is 5.32 Å². The summed E-state index contributed by atoms with van der Waals surface area (Å²) in [6.45, 7) is 2.33. The van der Waals surface area contributed by atoms with Crippen LogP contribution in [0.25, 0.3) is 10.6 Å². The maximum Gasteiger partial charge on any atom is 0.263 e. The molecule has 0 spiro atoms. The second kappa shape index (κ2) is 6.49. The zero-order valence-electron chi connectivity index (χ0n) is 12.1. The van der Waals surface area contributed by atoms with Crippen LogP contribution in [0.4, 0.5) is 0 Å². The zero-order valence-corrected chi connectivity index (χ0v) is 12.9. The Hall–Kier alpha value is -2.53. The Kier molecular flexibility index (Phi) is 4.25. The minimum atomic E-state index is -0.0963. The molecule has 22 heavy (non-hydrogen) atoms. The van der Waals surface area contributed by atoms with Crippen molar-refractivity contribution in [2.75, 3.05) is 0 Å². The number of rotatable bonds is 4. The molecule has 2 heterocycles. The van der Waals surface area contributed by atoms with Crippen LogP contribution in [-0.2, 0) is 6.54 Å². The molecule has 0 saturated carbocycles.